The molecule has 0 unspecified atom stereocenters. The van der Waals surface area contributed by atoms with E-state index in [0.717, 1.165) is 6.54 Å². The smallest absolute Gasteiger partial charge is 0.399 e. The highest BCUT2D eigenvalue weighted by Crippen LogP contribution is 2.39. The minimum absolute atomic E-state index is 0.201. The van der Waals surface area contributed by atoms with Crippen molar-refractivity contribution in [2.45, 2.75) is 64.2 Å². The molecule has 1 aliphatic carbocycles. The molecule has 1 N–H and O–H groups in total. The Hall–Kier alpha value is -0.515. The average Bonchev–Trinajstić information content (AvgIpc) is 2.68. The molecule has 0 aromatic rings. The number of rotatable bonds is 2. The zero-order valence-corrected chi connectivity index (χ0v) is 11.8. The monoisotopic (exact) mass is 250 g/mol. The van der Waals surface area contributed by atoms with E-state index in [1.54, 1.807) is 0 Å². The van der Waals surface area contributed by atoms with Crippen LogP contribution in [-0.4, -0.2) is 35.9 Å². The fourth-order valence-corrected chi connectivity index (χ4v) is 2.49. The molecule has 0 radical (unpaired) electrons. The van der Waals surface area contributed by atoms with Gasteiger partial charge in [-0.3, -0.25) is 0 Å². The molecule has 2 heterocycles. The zero-order chi connectivity index (χ0) is 13.0. The first-order chi connectivity index (χ1) is 8.39. The summed E-state index contributed by atoms with van der Waals surface area (Å²) in [6, 6.07) is 0.671. The predicted octanol–water partition coefficient (Wildman–Crippen LogP) is 1.87. The lowest BCUT2D eigenvalue weighted by atomic mass is 9.79. The fourth-order valence-electron chi connectivity index (χ4n) is 2.49. The van der Waals surface area contributed by atoms with Gasteiger partial charge in [0.25, 0.3) is 0 Å². The van der Waals surface area contributed by atoms with Crippen LogP contribution >= 0.6 is 0 Å². The summed E-state index contributed by atoms with van der Waals surface area (Å²) in [6.07, 6.45) is 6.12. The van der Waals surface area contributed by atoms with E-state index in [9.17, 15) is 0 Å². The molecule has 1 saturated carbocycles. The van der Waals surface area contributed by atoms with Crippen molar-refractivity contribution in [1.82, 2.24) is 10.4 Å². The van der Waals surface area contributed by atoms with Crippen molar-refractivity contribution in [3.8, 4) is 0 Å². The molecule has 3 aliphatic rings. The van der Waals surface area contributed by atoms with Gasteiger partial charge in [0, 0.05) is 18.8 Å². The Labute approximate surface area is 110 Å². The molecule has 4 nitrogen and oxygen atoms in total. The van der Waals surface area contributed by atoms with Crippen molar-refractivity contribution >= 4 is 7.12 Å². The Balaban J connectivity index is 1.70. The first kappa shape index (κ1) is 12.5. The first-order valence-corrected chi connectivity index (χ1v) is 6.97. The predicted molar refractivity (Wildman–Crippen MR) is 71.6 cm³/mol. The highest BCUT2D eigenvalue weighted by atomic mass is 16.7. The standard InChI is InChI=1S/C13H23BN2O2/c1-12(2)13(3,4)18-14(17-12)10-8-15-16(9-10)11-6-5-7-11/h9,11,15H,5-8H2,1-4H3. The van der Waals surface area contributed by atoms with Gasteiger partial charge in [0.05, 0.1) is 11.2 Å². The van der Waals surface area contributed by atoms with Crippen LogP contribution in [0.2, 0.25) is 0 Å². The van der Waals surface area contributed by atoms with Crippen LogP contribution < -0.4 is 5.43 Å². The largest absolute Gasteiger partial charge is 0.493 e. The number of nitrogens with zero attached hydrogens (tertiary/aromatic N) is 1. The molecule has 2 fully saturated rings. The van der Waals surface area contributed by atoms with Crippen LogP contribution in [-0.2, 0) is 9.31 Å². The van der Waals surface area contributed by atoms with Gasteiger partial charge < -0.3 is 14.3 Å². The lowest BCUT2D eigenvalue weighted by molar-refractivity contribution is 0.00578. The summed E-state index contributed by atoms with van der Waals surface area (Å²) >= 11 is 0. The maximum atomic E-state index is 6.07. The van der Waals surface area contributed by atoms with E-state index >= 15 is 0 Å². The molecule has 18 heavy (non-hydrogen) atoms. The van der Waals surface area contributed by atoms with Crippen LogP contribution in [0.15, 0.2) is 11.7 Å². The van der Waals surface area contributed by atoms with Crippen molar-refractivity contribution in [2.24, 2.45) is 0 Å². The van der Waals surface area contributed by atoms with Gasteiger partial charge in [0.1, 0.15) is 0 Å². The highest BCUT2D eigenvalue weighted by Gasteiger charge is 2.53. The minimum atomic E-state index is -0.248. The van der Waals surface area contributed by atoms with Gasteiger partial charge in [-0.1, -0.05) is 0 Å². The zero-order valence-electron chi connectivity index (χ0n) is 11.8. The van der Waals surface area contributed by atoms with E-state index < -0.39 is 0 Å². The molecule has 5 heteroatoms. The maximum Gasteiger partial charge on any atom is 0.493 e. The summed E-state index contributed by atoms with van der Waals surface area (Å²) in [5, 5.41) is 2.24. The minimum Gasteiger partial charge on any atom is -0.399 e. The van der Waals surface area contributed by atoms with Crippen molar-refractivity contribution in [3.05, 3.63) is 11.7 Å². The Kier molecular flexibility index (Phi) is 2.77. The van der Waals surface area contributed by atoms with Crippen LogP contribution in [0.5, 0.6) is 0 Å². The Morgan fingerprint density at radius 2 is 1.83 bits per heavy atom. The molecule has 1 saturated heterocycles. The number of hydrogen-bond acceptors (Lipinski definition) is 4. The van der Waals surface area contributed by atoms with Crippen molar-refractivity contribution < 1.29 is 9.31 Å². The first-order valence-electron chi connectivity index (χ1n) is 6.97. The second kappa shape index (κ2) is 3.99. The quantitative estimate of drug-likeness (QED) is 0.758. The Morgan fingerprint density at radius 1 is 1.22 bits per heavy atom. The third kappa shape index (κ3) is 1.89. The van der Waals surface area contributed by atoms with Gasteiger partial charge in [0.2, 0.25) is 0 Å². The number of hydrazine groups is 1. The average molecular weight is 250 g/mol. The van der Waals surface area contributed by atoms with E-state index in [1.807, 2.05) is 0 Å². The van der Waals surface area contributed by atoms with Gasteiger partial charge in [-0.25, -0.2) is 5.43 Å². The molecule has 0 bridgehead atoms. The van der Waals surface area contributed by atoms with E-state index in [-0.39, 0.29) is 18.3 Å². The van der Waals surface area contributed by atoms with E-state index in [4.69, 9.17) is 9.31 Å². The normalized spacial score (nSPS) is 30.6. The van der Waals surface area contributed by atoms with Gasteiger partial charge in [-0.2, -0.15) is 0 Å². The Morgan fingerprint density at radius 3 is 2.33 bits per heavy atom. The summed E-state index contributed by atoms with van der Waals surface area (Å²) in [5.41, 5.74) is 4.13. The lowest BCUT2D eigenvalue weighted by Gasteiger charge is -2.34. The van der Waals surface area contributed by atoms with Crippen LogP contribution in [0.3, 0.4) is 0 Å². The molecule has 0 spiro atoms. The summed E-state index contributed by atoms with van der Waals surface area (Å²) in [4.78, 5) is 0. The van der Waals surface area contributed by atoms with Gasteiger partial charge in [-0.05, 0) is 52.4 Å². The second-order valence-corrected chi connectivity index (χ2v) is 6.62. The molecule has 0 aromatic carbocycles. The highest BCUT2D eigenvalue weighted by molar-refractivity contribution is 6.54. The van der Waals surface area contributed by atoms with Crippen LogP contribution in [0.4, 0.5) is 0 Å². The molecule has 0 aromatic heterocycles. The van der Waals surface area contributed by atoms with Crippen molar-refractivity contribution in [2.75, 3.05) is 6.54 Å². The maximum absolute atomic E-state index is 6.07. The molecule has 0 amide bonds. The van der Waals surface area contributed by atoms with Crippen LogP contribution in [0, 0.1) is 0 Å². The van der Waals surface area contributed by atoms with Gasteiger partial charge >= 0.3 is 7.12 Å². The Bertz CT molecular complexity index is 361. The topological polar surface area (TPSA) is 33.7 Å². The number of hydrogen-bond donors (Lipinski definition) is 1. The second-order valence-electron chi connectivity index (χ2n) is 6.62. The summed E-state index contributed by atoms with van der Waals surface area (Å²) in [6.45, 7) is 9.23. The van der Waals surface area contributed by atoms with Gasteiger partial charge in [0.15, 0.2) is 0 Å². The fraction of sp³-hybridized carbons (Fsp3) is 0.846. The van der Waals surface area contributed by atoms with Crippen LogP contribution in [0.1, 0.15) is 47.0 Å². The SMILES string of the molecule is CC1(C)OB(C2=CN(C3CCC3)NC2)OC1(C)C. The molecule has 2 aliphatic heterocycles. The van der Waals surface area contributed by atoms with Gasteiger partial charge in [-0.15, -0.1) is 0 Å². The number of nitrogens with one attached hydrogen (secondary N) is 1. The third-order valence-electron chi connectivity index (χ3n) is 4.79. The van der Waals surface area contributed by atoms with Crippen molar-refractivity contribution in [3.63, 3.8) is 0 Å². The summed E-state index contributed by atoms with van der Waals surface area (Å²) < 4.78 is 12.1. The van der Waals surface area contributed by atoms with E-state index in [1.165, 1.54) is 24.7 Å². The molecular formula is C13H23BN2O2. The molecule has 0 atom stereocenters. The van der Waals surface area contributed by atoms with Crippen molar-refractivity contribution in [1.29, 1.82) is 0 Å². The van der Waals surface area contributed by atoms with E-state index in [0.29, 0.717) is 6.04 Å². The lowest BCUT2D eigenvalue weighted by Crippen LogP contribution is -2.42. The molecular weight excluding hydrogens is 227 g/mol. The summed E-state index contributed by atoms with van der Waals surface area (Å²) in [5.74, 6) is 0. The van der Waals surface area contributed by atoms with E-state index in [2.05, 4.69) is 44.3 Å². The molecule has 3 rings (SSSR count). The van der Waals surface area contributed by atoms with Crippen LogP contribution in [0.25, 0.3) is 0 Å². The third-order valence-corrected chi connectivity index (χ3v) is 4.79. The summed E-state index contributed by atoms with van der Waals surface area (Å²) in [7, 11) is -0.201. The molecule has 100 valence electrons.